The molecule has 0 fully saturated rings. The molecule has 2 aromatic rings. The highest BCUT2D eigenvalue weighted by Gasteiger charge is 2.11. The first-order valence-corrected chi connectivity index (χ1v) is 8.12. The number of esters is 1. The molecule has 2 aromatic carbocycles. The summed E-state index contributed by atoms with van der Waals surface area (Å²) < 4.78 is 10.6. The largest absolute Gasteiger partial charge is 0.492 e. The predicted molar refractivity (Wildman–Crippen MR) is 97.4 cm³/mol. The van der Waals surface area contributed by atoms with Gasteiger partial charge in [0.1, 0.15) is 12.4 Å². The van der Waals surface area contributed by atoms with E-state index in [4.69, 9.17) is 21.1 Å². The second-order valence-corrected chi connectivity index (χ2v) is 6.06. The highest BCUT2D eigenvalue weighted by atomic mass is 35.5. The van der Waals surface area contributed by atoms with Gasteiger partial charge in [0.25, 0.3) is 0 Å². The van der Waals surface area contributed by atoms with Gasteiger partial charge in [0, 0.05) is 17.3 Å². The fourth-order valence-corrected chi connectivity index (χ4v) is 2.54. The minimum atomic E-state index is -0.355. The molecule has 0 amide bonds. The van der Waals surface area contributed by atoms with Crippen LogP contribution in [0.2, 0.25) is 5.02 Å². The summed E-state index contributed by atoms with van der Waals surface area (Å²) in [4.78, 5) is 11.8. The molecule has 0 aromatic heterocycles. The summed E-state index contributed by atoms with van der Waals surface area (Å²) in [5.74, 6) is 0.430. The van der Waals surface area contributed by atoms with Crippen molar-refractivity contribution in [3.05, 3.63) is 57.6 Å². The number of aryl methyl sites for hydroxylation is 3. The Hall–Kier alpha value is -2.20. The first-order valence-electron chi connectivity index (χ1n) is 7.74. The number of benzene rings is 2. The first kappa shape index (κ1) is 18.1. The Morgan fingerprint density at radius 1 is 1.12 bits per heavy atom. The molecule has 0 atom stereocenters. The maximum absolute atomic E-state index is 11.8. The quantitative estimate of drug-likeness (QED) is 0.615. The molecule has 0 saturated heterocycles. The van der Waals surface area contributed by atoms with Gasteiger partial charge in [0.15, 0.2) is 0 Å². The Bertz CT molecular complexity index is 720. The minimum absolute atomic E-state index is 0.355. The number of hydrogen-bond acceptors (Lipinski definition) is 4. The van der Waals surface area contributed by atoms with Gasteiger partial charge in [-0.15, -0.1) is 0 Å². The number of carbonyl (C=O) groups excluding carboxylic acids is 1. The van der Waals surface area contributed by atoms with Crippen molar-refractivity contribution in [3.8, 4) is 5.75 Å². The van der Waals surface area contributed by atoms with Gasteiger partial charge in [0.2, 0.25) is 0 Å². The zero-order valence-electron chi connectivity index (χ0n) is 14.4. The summed E-state index contributed by atoms with van der Waals surface area (Å²) in [5.41, 5.74) is 4.25. The number of rotatable bonds is 6. The average Bonchev–Trinajstić information content (AvgIpc) is 2.56. The van der Waals surface area contributed by atoms with Gasteiger partial charge in [-0.05, 0) is 56.2 Å². The lowest BCUT2D eigenvalue weighted by Gasteiger charge is -2.13. The van der Waals surface area contributed by atoms with Crippen LogP contribution in [0.4, 0.5) is 5.69 Å². The van der Waals surface area contributed by atoms with Crippen LogP contribution >= 0.6 is 11.6 Å². The standard InChI is InChI=1S/C19H22ClNO3/c1-12-5-6-17(16(9-12)19(22)23-4)21-7-8-24-15-10-13(2)18(20)14(3)11-15/h5-6,9-11,21H,7-8H2,1-4H3. The molecule has 0 aliphatic rings. The molecule has 0 heterocycles. The Morgan fingerprint density at radius 3 is 2.42 bits per heavy atom. The van der Waals surface area contributed by atoms with Crippen LogP contribution in [0.15, 0.2) is 30.3 Å². The summed E-state index contributed by atoms with van der Waals surface area (Å²) in [6, 6.07) is 9.46. The Kier molecular flexibility index (Phi) is 6.10. The van der Waals surface area contributed by atoms with Crippen molar-refractivity contribution in [2.45, 2.75) is 20.8 Å². The molecule has 0 aliphatic carbocycles. The lowest BCUT2D eigenvalue weighted by Crippen LogP contribution is -2.14. The van der Waals surface area contributed by atoms with Crippen molar-refractivity contribution in [1.29, 1.82) is 0 Å². The number of anilines is 1. The molecular formula is C19H22ClNO3. The first-order chi connectivity index (χ1) is 11.4. The van der Waals surface area contributed by atoms with E-state index >= 15 is 0 Å². The van der Waals surface area contributed by atoms with E-state index in [0.717, 1.165) is 33.1 Å². The second kappa shape index (κ2) is 8.06. The van der Waals surface area contributed by atoms with Crippen molar-refractivity contribution in [1.82, 2.24) is 0 Å². The SMILES string of the molecule is COC(=O)c1cc(C)ccc1NCCOc1cc(C)c(Cl)c(C)c1. The van der Waals surface area contributed by atoms with Crippen LogP contribution in [0, 0.1) is 20.8 Å². The van der Waals surface area contributed by atoms with Crippen molar-refractivity contribution in [2.24, 2.45) is 0 Å². The van der Waals surface area contributed by atoms with E-state index in [2.05, 4.69) is 5.32 Å². The number of ether oxygens (including phenoxy) is 2. The lowest BCUT2D eigenvalue weighted by atomic mass is 10.1. The molecule has 5 heteroatoms. The summed E-state index contributed by atoms with van der Waals surface area (Å²) in [7, 11) is 1.38. The van der Waals surface area contributed by atoms with Crippen molar-refractivity contribution in [3.63, 3.8) is 0 Å². The number of nitrogens with one attached hydrogen (secondary N) is 1. The number of halogens is 1. The third-order valence-corrected chi connectivity index (χ3v) is 4.27. The number of hydrogen-bond donors (Lipinski definition) is 1. The van der Waals surface area contributed by atoms with E-state index in [9.17, 15) is 4.79 Å². The smallest absolute Gasteiger partial charge is 0.339 e. The van der Waals surface area contributed by atoms with E-state index in [1.54, 1.807) is 6.07 Å². The van der Waals surface area contributed by atoms with Crippen molar-refractivity contribution in [2.75, 3.05) is 25.6 Å². The Balaban J connectivity index is 1.97. The summed E-state index contributed by atoms with van der Waals surface area (Å²) in [6.07, 6.45) is 0. The average molecular weight is 348 g/mol. The molecule has 0 saturated carbocycles. The third kappa shape index (κ3) is 4.42. The summed E-state index contributed by atoms with van der Waals surface area (Å²) in [5, 5.41) is 3.98. The molecule has 0 aliphatic heterocycles. The van der Waals surface area contributed by atoms with Crippen LogP contribution in [-0.4, -0.2) is 26.2 Å². The molecule has 0 bridgehead atoms. The lowest BCUT2D eigenvalue weighted by molar-refractivity contribution is 0.0601. The van der Waals surface area contributed by atoms with Crippen LogP contribution in [0.5, 0.6) is 5.75 Å². The fraction of sp³-hybridized carbons (Fsp3) is 0.316. The summed E-state index contributed by atoms with van der Waals surface area (Å²) in [6.45, 7) is 6.87. The molecular weight excluding hydrogens is 326 g/mol. The van der Waals surface area contributed by atoms with Gasteiger partial charge in [-0.25, -0.2) is 4.79 Å². The maximum Gasteiger partial charge on any atom is 0.339 e. The van der Waals surface area contributed by atoms with Crippen LogP contribution in [-0.2, 0) is 4.74 Å². The monoisotopic (exact) mass is 347 g/mol. The van der Waals surface area contributed by atoms with Gasteiger partial charge in [-0.3, -0.25) is 0 Å². The molecule has 2 rings (SSSR count). The van der Waals surface area contributed by atoms with Crippen molar-refractivity contribution < 1.29 is 14.3 Å². The molecule has 128 valence electrons. The second-order valence-electron chi connectivity index (χ2n) is 5.69. The molecule has 24 heavy (non-hydrogen) atoms. The van der Waals surface area contributed by atoms with E-state index in [0.29, 0.717) is 18.7 Å². The predicted octanol–water partition coefficient (Wildman–Crippen LogP) is 4.54. The Labute approximate surface area is 147 Å². The van der Waals surface area contributed by atoms with Gasteiger partial charge >= 0.3 is 5.97 Å². The number of carbonyl (C=O) groups is 1. The van der Waals surface area contributed by atoms with Crippen LogP contribution in [0.3, 0.4) is 0 Å². The molecule has 0 spiro atoms. The van der Waals surface area contributed by atoms with Gasteiger partial charge in [-0.1, -0.05) is 23.2 Å². The number of methoxy groups -OCH3 is 1. The van der Waals surface area contributed by atoms with E-state index in [1.165, 1.54) is 7.11 Å². The van der Waals surface area contributed by atoms with E-state index in [-0.39, 0.29) is 5.97 Å². The van der Waals surface area contributed by atoms with E-state index < -0.39 is 0 Å². The highest BCUT2D eigenvalue weighted by molar-refractivity contribution is 6.32. The summed E-state index contributed by atoms with van der Waals surface area (Å²) >= 11 is 6.15. The normalized spacial score (nSPS) is 10.4. The molecule has 4 nitrogen and oxygen atoms in total. The molecule has 0 unspecified atom stereocenters. The van der Waals surface area contributed by atoms with Gasteiger partial charge < -0.3 is 14.8 Å². The molecule has 0 radical (unpaired) electrons. The van der Waals surface area contributed by atoms with E-state index in [1.807, 2.05) is 45.0 Å². The van der Waals surface area contributed by atoms with Gasteiger partial charge in [0.05, 0.1) is 12.7 Å². The zero-order chi connectivity index (χ0) is 17.7. The van der Waals surface area contributed by atoms with Crippen LogP contribution in [0.1, 0.15) is 27.0 Å². The van der Waals surface area contributed by atoms with Crippen molar-refractivity contribution >= 4 is 23.3 Å². The van der Waals surface area contributed by atoms with Gasteiger partial charge in [-0.2, -0.15) is 0 Å². The van der Waals surface area contributed by atoms with Crippen LogP contribution < -0.4 is 10.1 Å². The highest BCUT2D eigenvalue weighted by Crippen LogP contribution is 2.26. The fourth-order valence-electron chi connectivity index (χ4n) is 2.44. The third-order valence-electron chi connectivity index (χ3n) is 3.68. The maximum atomic E-state index is 11.8. The Morgan fingerprint density at radius 2 is 1.79 bits per heavy atom. The zero-order valence-corrected chi connectivity index (χ0v) is 15.2. The topological polar surface area (TPSA) is 47.6 Å². The minimum Gasteiger partial charge on any atom is -0.492 e. The van der Waals surface area contributed by atoms with Crippen LogP contribution in [0.25, 0.3) is 0 Å². The molecule has 1 N–H and O–H groups in total.